The molecule has 0 aliphatic heterocycles. The Balaban J connectivity index is 2.40. The minimum atomic E-state index is -0.551. The van der Waals surface area contributed by atoms with Gasteiger partial charge in [0.1, 0.15) is 0 Å². The summed E-state index contributed by atoms with van der Waals surface area (Å²) in [5.74, 6) is 0. The van der Waals surface area contributed by atoms with Crippen molar-refractivity contribution in [2.75, 3.05) is 26.8 Å². The number of nitriles is 1. The van der Waals surface area contributed by atoms with Gasteiger partial charge in [-0.2, -0.15) is 5.26 Å². The molecule has 0 aromatic heterocycles. The molecular weight excluding hydrogens is 204 g/mol. The van der Waals surface area contributed by atoms with Gasteiger partial charge in [-0.3, -0.25) is 0 Å². The number of benzene rings is 1. The Bertz CT molecular complexity index is 343. The van der Waals surface area contributed by atoms with Crippen molar-refractivity contribution in [3.63, 3.8) is 0 Å². The average Bonchev–Trinajstić information content (AvgIpc) is 2.34. The van der Waals surface area contributed by atoms with Crippen molar-refractivity contribution >= 4 is 0 Å². The van der Waals surface area contributed by atoms with E-state index in [2.05, 4.69) is 5.32 Å². The van der Waals surface area contributed by atoms with Gasteiger partial charge in [0.25, 0.3) is 0 Å². The number of aliphatic hydroxyl groups is 1. The molecule has 1 aromatic carbocycles. The van der Waals surface area contributed by atoms with Gasteiger partial charge in [0.05, 0.1) is 24.3 Å². The molecule has 1 aromatic rings. The van der Waals surface area contributed by atoms with Crippen molar-refractivity contribution in [1.29, 1.82) is 5.26 Å². The van der Waals surface area contributed by atoms with E-state index in [9.17, 15) is 5.11 Å². The Morgan fingerprint density at radius 3 is 2.69 bits per heavy atom. The normalized spacial score (nSPS) is 12.1. The van der Waals surface area contributed by atoms with Gasteiger partial charge in [0.2, 0.25) is 0 Å². The number of nitrogens with zero attached hydrogens (tertiary/aromatic N) is 1. The highest BCUT2D eigenvalue weighted by atomic mass is 16.5. The summed E-state index contributed by atoms with van der Waals surface area (Å²) >= 11 is 0. The second kappa shape index (κ2) is 6.96. The third-order valence-corrected chi connectivity index (χ3v) is 2.25. The zero-order valence-corrected chi connectivity index (χ0v) is 9.31. The molecule has 0 saturated carbocycles. The van der Waals surface area contributed by atoms with E-state index in [-0.39, 0.29) is 0 Å². The molecule has 2 N–H and O–H groups in total. The molecular formula is C12H16N2O2. The predicted octanol–water partition coefficient (Wildman–Crippen LogP) is 0.828. The van der Waals surface area contributed by atoms with Crippen LogP contribution in [-0.4, -0.2) is 31.9 Å². The first-order valence-corrected chi connectivity index (χ1v) is 5.15. The van der Waals surface area contributed by atoms with Gasteiger partial charge in [-0.05, 0) is 17.7 Å². The van der Waals surface area contributed by atoms with Crippen molar-refractivity contribution in [3.05, 3.63) is 35.4 Å². The van der Waals surface area contributed by atoms with Gasteiger partial charge < -0.3 is 15.2 Å². The van der Waals surface area contributed by atoms with E-state index in [1.807, 2.05) is 6.07 Å². The standard InChI is InChI=1S/C12H16N2O2/c1-16-7-6-14-9-12(15)11-4-2-10(8-13)3-5-11/h2-5,12,14-15H,6-7,9H2,1H3. The molecule has 1 unspecified atom stereocenters. The minimum absolute atomic E-state index is 0.481. The van der Waals surface area contributed by atoms with Gasteiger partial charge in [-0.25, -0.2) is 0 Å². The van der Waals surface area contributed by atoms with Crippen LogP contribution < -0.4 is 5.32 Å². The molecule has 4 nitrogen and oxygen atoms in total. The Hall–Kier alpha value is -1.41. The molecule has 0 heterocycles. The SMILES string of the molecule is COCCNCC(O)c1ccc(C#N)cc1. The lowest BCUT2D eigenvalue weighted by Gasteiger charge is -2.11. The van der Waals surface area contributed by atoms with Crippen molar-refractivity contribution < 1.29 is 9.84 Å². The number of rotatable bonds is 6. The topological polar surface area (TPSA) is 65.3 Å². The molecule has 0 saturated heterocycles. The van der Waals surface area contributed by atoms with E-state index in [1.165, 1.54) is 0 Å². The lowest BCUT2D eigenvalue weighted by atomic mass is 10.1. The molecule has 1 atom stereocenters. The molecule has 16 heavy (non-hydrogen) atoms. The summed E-state index contributed by atoms with van der Waals surface area (Å²) in [4.78, 5) is 0. The molecule has 0 amide bonds. The van der Waals surface area contributed by atoms with Gasteiger partial charge in [-0.1, -0.05) is 12.1 Å². The first-order valence-electron chi connectivity index (χ1n) is 5.15. The maximum Gasteiger partial charge on any atom is 0.0991 e. The quantitative estimate of drug-likeness (QED) is 0.697. The van der Waals surface area contributed by atoms with Crippen LogP contribution in [0.15, 0.2) is 24.3 Å². The van der Waals surface area contributed by atoms with E-state index in [0.717, 1.165) is 5.56 Å². The van der Waals surface area contributed by atoms with E-state index >= 15 is 0 Å². The fourth-order valence-electron chi connectivity index (χ4n) is 1.31. The predicted molar refractivity (Wildman–Crippen MR) is 60.9 cm³/mol. The molecule has 86 valence electrons. The minimum Gasteiger partial charge on any atom is -0.387 e. The van der Waals surface area contributed by atoms with Crippen LogP contribution >= 0.6 is 0 Å². The van der Waals surface area contributed by atoms with Crippen LogP contribution in [0.5, 0.6) is 0 Å². The zero-order chi connectivity index (χ0) is 11.8. The molecule has 0 radical (unpaired) electrons. The van der Waals surface area contributed by atoms with E-state index in [1.54, 1.807) is 31.4 Å². The van der Waals surface area contributed by atoms with Gasteiger partial charge in [-0.15, -0.1) is 0 Å². The number of ether oxygens (including phenoxy) is 1. The summed E-state index contributed by atoms with van der Waals surface area (Å²) in [7, 11) is 1.64. The maximum atomic E-state index is 9.80. The maximum absolute atomic E-state index is 9.80. The fourth-order valence-corrected chi connectivity index (χ4v) is 1.31. The smallest absolute Gasteiger partial charge is 0.0991 e. The lowest BCUT2D eigenvalue weighted by Crippen LogP contribution is -2.24. The number of nitrogens with one attached hydrogen (secondary N) is 1. The number of aliphatic hydroxyl groups excluding tert-OH is 1. The Kier molecular flexibility index (Phi) is 5.51. The zero-order valence-electron chi connectivity index (χ0n) is 9.31. The molecule has 0 fully saturated rings. The van der Waals surface area contributed by atoms with Crippen LogP contribution in [0.4, 0.5) is 0 Å². The van der Waals surface area contributed by atoms with Crippen LogP contribution in [0.1, 0.15) is 17.2 Å². The van der Waals surface area contributed by atoms with E-state index in [0.29, 0.717) is 25.3 Å². The third-order valence-electron chi connectivity index (χ3n) is 2.25. The average molecular weight is 220 g/mol. The van der Waals surface area contributed by atoms with Crippen molar-refractivity contribution in [2.45, 2.75) is 6.10 Å². The summed E-state index contributed by atoms with van der Waals surface area (Å²) < 4.78 is 4.88. The Morgan fingerprint density at radius 1 is 1.44 bits per heavy atom. The monoisotopic (exact) mass is 220 g/mol. The molecule has 4 heteroatoms. The van der Waals surface area contributed by atoms with Crippen LogP contribution in [0.25, 0.3) is 0 Å². The highest BCUT2D eigenvalue weighted by Crippen LogP contribution is 2.12. The van der Waals surface area contributed by atoms with Gasteiger partial charge in [0.15, 0.2) is 0 Å². The summed E-state index contributed by atoms with van der Waals surface area (Å²) in [6.45, 7) is 1.82. The lowest BCUT2D eigenvalue weighted by molar-refractivity contribution is 0.161. The van der Waals surface area contributed by atoms with Crippen LogP contribution in [0, 0.1) is 11.3 Å². The van der Waals surface area contributed by atoms with Gasteiger partial charge >= 0.3 is 0 Å². The molecule has 0 spiro atoms. The second-order valence-electron chi connectivity index (χ2n) is 3.45. The molecule has 1 rings (SSSR count). The summed E-state index contributed by atoms with van der Waals surface area (Å²) in [6.07, 6.45) is -0.551. The van der Waals surface area contributed by atoms with Crippen LogP contribution in [-0.2, 0) is 4.74 Å². The van der Waals surface area contributed by atoms with E-state index in [4.69, 9.17) is 10.00 Å². The Labute approximate surface area is 95.5 Å². The summed E-state index contributed by atoms with van der Waals surface area (Å²) in [5.41, 5.74) is 1.41. The first kappa shape index (κ1) is 12.7. The van der Waals surface area contributed by atoms with Crippen molar-refractivity contribution in [2.24, 2.45) is 0 Å². The van der Waals surface area contributed by atoms with Crippen LogP contribution in [0.2, 0.25) is 0 Å². The highest BCUT2D eigenvalue weighted by molar-refractivity contribution is 5.32. The first-order chi connectivity index (χ1) is 7.77. The molecule has 0 bridgehead atoms. The largest absolute Gasteiger partial charge is 0.387 e. The highest BCUT2D eigenvalue weighted by Gasteiger charge is 2.06. The number of methoxy groups -OCH3 is 1. The number of hydrogen-bond acceptors (Lipinski definition) is 4. The van der Waals surface area contributed by atoms with Crippen molar-refractivity contribution in [1.82, 2.24) is 5.32 Å². The van der Waals surface area contributed by atoms with Crippen LogP contribution in [0.3, 0.4) is 0 Å². The summed E-state index contributed by atoms with van der Waals surface area (Å²) in [6, 6.07) is 8.97. The molecule has 0 aliphatic rings. The number of hydrogen-bond donors (Lipinski definition) is 2. The second-order valence-corrected chi connectivity index (χ2v) is 3.45. The van der Waals surface area contributed by atoms with Gasteiger partial charge in [0, 0.05) is 20.2 Å². The third kappa shape index (κ3) is 3.99. The Morgan fingerprint density at radius 2 is 2.12 bits per heavy atom. The molecule has 0 aliphatic carbocycles. The van der Waals surface area contributed by atoms with Crippen molar-refractivity contribution in [3.8, 4) is 6.07 Å². The van der Waals surface area contributed by atoms with E-state index < -0.39 is 6.10 Å². The fraction of sp³-hybridized carbons (Fsp3) is 0.417. The summed E-state index contributed by atoms with van der Waals surface area (Å²) in [5, 5.41) is 21.5.